The number of aromatic hydroxyl groups is 1. The van der Waals surface area contributed by atoms with E-state index in [2.05, 4.69) is 14.7 Å². The average Bonchev–Trinajstić information content (AvgIpc) is 3.33. The highest BCUT2D eigenvalue weighted by atomic mass is 16.5. The van der Waals surface area contributed by atoms with Crippen LogP contribution in [0.2, 0.25) is 0 Å². The van der Waals surface area contributed by atoms with Crippen molar-refractivity contribution in [3.05, 3.63) is 58.5 Å². The molecule has 0 bridgehead atoms. The standard InChI is InChI=1S/C22H22N2O7/c1-11(21-24-19(13(3)31-21)22(27)29-5)20(26)18-12(2)30-17(23-18)9-7-14-6-8-16(28-4)15(25)10-14/h6-11,25H,1-5H3/b9-7+. The maximum atomic E-state index is 12.9. The second kappa shape index (κ2) is 8.86. The molecule has 31 heavy (non-hydrogen) atoms. The Morgan fingerprint density at radius 3 is 2.42 bits per heavy atom. The molecule has 0 saturated heterocycles. The highest BCUT2D eigenvalue weighted by Gasteiger charge is 2.29. The lowest BCUT2D eigenvalue weighted by Crippen LogP contribution is -2.12. The molecule has 2 aromatic heterocycles. The Balaban J connectivity index is 1.80. The van der Waals surface area contributed by atoms with Gasteiger partial charge >= 0.3 is 5.97 Å². The molecule has 162 valence electrons. The van der Waals surface area contributed by atoms with E-state index < -0.39 is 11.9 Å². The summed E-state index contributed by atoms with van der Waals surface area (Å²) in [4.78, 5) is 33.0. The summed E-state index contributed by atoms with van der Waals surface area (Å²) in [5, 5.41) is 9.86. The van der Waals surface area contributed by atoms with E-state index >= 15 is 0 Å². The van der Waals surface area contributed by atoms with Crippen molar-refractivity contribution in [2.45, 2.75) is 26.7 Å². The zero-order chi connectivity index (χ0) is 22.7. The summed E-state index contributed by atoms with van der Waals surface area (Å²) >= 11 is 0. The first-order valence-electron chi connectivity index (χ1n) is 9.37. The van der Waals surface area contributed by atoms with Crippen LogP contribution in [0.25, 0.3) is 12.2 Å². The number of methoxy groups -OCH3 is 2. The van der Waals surface area contributed by atoms with Gasteiger partial charge in [0, 0.05) is 6.08 Å². The number of hydrogen-bond donors (Lipinski definition) is 1. The van der Waals surface area contributed by atoms with Gasteiger partial charge in [-0.05, 0) is 44.5 Å². The first kappa shape index (κ1) is 21.8. The Kier molecular flexibility index (Phi) is 6.24. The predicted molar refractivity (Wildman–Crippen MR) is 110 cm³/mol. The van der Waals surface area contributed by atoms with Crippen molar-refractivity contribution in [1.29, 1.82) is 0 Å². The summed E-state index contributed by atoms with van der Waals surface area (Å²) in [6.45, 7) is 4.81. The molecule has 9 nitrogen and oxygen atoms in total. The average molecular weight is 426 g/mol. The lowest BCUT2D eigenvalue weighted by molar-refractivity contribution is 0.0592. The van der Waals surface area contributed by atoms with Crippen LogP contribution in [-0.4, -0.2) is 41.0 Å². The number of aryl methyl sites for hydroxylation is 2. The van der Waals surface area contributed by atoms with Crippen molar-refractivity contribution in [3.8, 4) is 11.5 Å². The molecule has 1 atom stereocenters. The van der Waals surface area contributed by atoms with Crippen LogP contribution in [-0.2, 0) is 4.74 Å². The molecular weight excluding hydrogens is 404 g/mol. The number of phenolic OH excluding ortho intramolecular Hbond substituents is 1. The van der Waals surface area contributed by atoms with Crippen LogP contribution in [0.4, 0.5) is 0 Å². The monoisotopic (exact) mass is 426 g/mol. The minimum Gasteiger partial charge on any atom is -0.504 e. The van der Waals surface area contributed by atoms with E-state index in [1.807, 2.05) is 0 Å². The molecule has 0 saturated carbocycles. The Morgan fingerprint density at radius 2 is 1.77 bits per heavy atom. The summed E-state index contributed by atoms with van der Waals surface area (Å²) in [6.07, 6.45) is 3.27. The fourth-order valence-electron chi connectivity index (χ4n) is 2.90. The van der Waals surface area contributed by atoms with Gasteiger partial charge in [-0.25, -0.2) is 14.8 Å². The largest absolute Gasteiger partial charge is 0.504 e. The fraction of sp³-hybridized carbons (Fsp3) is 0.273. The van der Waals surface area contributed by atoms with Crippen LogP contribution in [0.15, 0.2) is 27.0 Å². The third kappa shape index (κ3) is 4.50. The molecule has 0 aliphatic rings. The minimum absolute atomic E-state index is 0.00508. The quantitative estimate of drug-likeness (QED) is 0.442. The van der Waals surface area contributed by atoms with E-state index in [0.717, 1.165) is 0 Å². The van der Waals surface area contributed by atoms with Gasteiger partial charge in [0.1, 0.15) is 17.2 Å². The number of carbonyl (C=O) groups is 2. The number of benzene rings is 1. The fourth-order valence-corrected chi connectivity index (χ4v) is 2.90. The van der Waals surface area contributed by atoms with Crippen LogP contribution in [0.3, 0.4) is 0 Å². The minimum atomic E-state index is -0.781. The number of esters is 1. The molecule has 1 N–H and O–H groups in total. The van der Waals surface area contributed by atoms with E-state index in [1.165, 1.54) is 20.3 Å². The van der Waals surface area contributed by atoms with Crippen molar-refractivity contribution >= 4 is 23.9 Å². The molecule has 0 spiro atoms. The predicted octanol–water partition coefficient (Wildman–Crippen LogP) is 3.94. The highest BCUT2D eigenvalue weighted by Crippen LogP contribution is 2.28. The summed E-state index contributed by atoms with van der Waals surface area (Å²) in [6, 6.07) is 4.92. The molecule has 3 rings (SSSR count). The maximum absolute atomic E-state index is 12.9. The Bertz CT molecular complexity index is 1160. The number of ketones is 1. The van der Waals surface area contributed by atoms with Gasteiger partial charge in [-0.1, -0.05) is 6.07 Å². The number of Topliss-reactive ketones (excluding diaryl/α,β-unsaturated/α-hetero) is 1. The first-order chi connectivity index (χ1) is 14.7. The van der Waals surface area contributed by atoms with Crippen LogP contribution < -0.4 is 4.74 Å². The number of phenols is 1. The lowest BCUT2D eigenvalue weighted by Gasteiger charge is -2.03. The SMILES string of the molecule is COC(=O)c1nc(C(C)C(=O)c2nc(/C=C/c3ccc(OC)c(O)c3)oc2C)oc1C. The molecule has 0 aliphatic heterocycles. The number of rotatable bonds is 7. The molecule has 0 fully saturated rings. The van der Waals surface area contributed by atoms with Gasteiger partial charge in [0.25, 0.3) is 0 Å². The maximum Gasteiger partial charge on any atom is 0.360 e. The van der Waals surface area contributed by atoms with Crippen LogP contribution >= 0.6 is 0 Å². The van der Waals surface area contributed by atoms with Crippen molar-refractivity contribution in [2.75, 3.05) is 14.2 Å². The molecule has 0 radical (unpaired) electrons. The summed E-state index contributed by atoms with van der Waals surface area (Å²) in [7, 11) is 2.71. The summed E-state index contributed by atoms with van der Waals surface area (Å²) in [5.74, 6) is -0.485. The Hall–Kier alpha value is -3.88. The van der Waals surface area contributed by atoms with Gasteiger partial charge in [0.15, 0.2) is 23.0 Å². The number of aromatic nitrogens is 2. The van der Waals surface area contributed by atoms with Crippen molar-refractivity contribution in [3.63, 3.8) is 0 Å². The molecule has 1 unspecified atom stereocenters. The molecule has 3 aromatic rings. The lowest BCUT2D eigenvalue weighted by atomic mass is 10.0. The van der Waals surface area contributed by atoms with E-state index in [0.29, 0.717) is 17.1 Å². The van der Waals surface area contributed by atoms with Crippen LogP contribution in [0, 0.1) is 13.8 Å². The van der Waals surface area contributed by atoms with E-state index in [4.69, 9.17) is 13.6 Å². The van der Waals surface area contributed by atoms with Crippen LogP contribution in [0.1, 0.15) is 62.7 Å². The number of ether oxygens (including phenoxy) is 2. The van der Waals surface area contributed by atoms with Gasteiger partial charge < -0.3 is 23.4 Å². The van der Waals surface area contributed by atoms with Crippen molar-refractivity contribution in [1.82, 2.24) is 9.97 Å². The molecule has 9 heteroatoms. The third-order valence-electron chi connectivity index (χ3n) is 4.62. The number of hydrogen-bond acceptors (Lipinski definition) is 9. The van der Waals surface area contributed by atoms with Gasteiger partial charge in [-0.2, -0.15) is 0 Å². The normalized spacial score (nSPS) is 12.2. The third-order valence-corrected chi connectivity index (χ3v) is 4.62. The van der Waals surface area contributed by atoms with Gasteiger partial charge in [0.2, 0.25) is 11.8 Å². The molecule has 0 aliphatic carbocycles. The molecule has 0 amide bonds. The molecular formula is C22H22N2O7. The summed E-state index contributed by atoms with van der Waals surface area (Å²) < 4.78 is 20.7. The Labute approximate surface area is 178 Å². The highest BCUT2D eigenvalue weighted by molar-refractivity contribution is 5.99. The zero-order valence-electron chi connectivity index (χ0n) is 17.8. The van der Waals surface area contributed by atoms with E-state index in [-0.39, 0.29) is 40.5 Å². The smallest absolute Gasteiger partial charge is 0.360 e. The first-order valence-corrected chi connectivity index (χ1v) is 9.37. The zero-order valence-corrected chi connectivity index (χ0v) is 17.8. The number of oxazole rings is 2. The topological polar surface area (TPSA) is 125 Å². The van der Waals surface area contributed by atoms with E-state index in [1.54, 1.807) is 45.1 Å². The summed E-state index contributed by atoms with van der Waals surface area (Å²) in [5.41, 5.74) is 0.863. The second-order valence-corrected chi connectivity index (χ2v) is 6.76. The Morgan fingerprint density at radius 1 is 1.06 bits per heavy atom. The second-order valence-electron chi connectivity index (χ2n) is 6.76. The van der Waals surface area contributed by atoms with Gasteiger partial charge in [-0.3, -0.25) is 4.79 Å². The van der Waals surface area contributed by atoms with Crippen LogP contribution in [0.5, 0.6) is 11.5 Å². The van der Waals surface area contributed by atoms with Gasteiger partial charge in [-0.15, -0.1) is 0 Å². The van der Waals surface area contributed by atoms with E-state index in [9.17, 15) is 14.7 Å². The molecule has 2 heterocycles. The van der Waals surface area contributed by atoms with Crippen molar-refractivity contribution < 1.29 is 33.0 Å². The van der Waals surface area contributed by atoms with Crippen molar-refractivity contribution in [2.24, 2.45) is 0 Å². The number of carbonyl (C=O) groups excluding carboxylic acids is 2. The number of nitrogens with zero attached hydrogens (tertiary/aromatic N) is 2. The van der Waals surface area contributed by atoms with Gasteiger partial charge in [0.05, 0.1) is 20.1 Å². The molecule has 1 aromatic carbocycles.